The van der Waals surface area contributed by atoms with E-state index in [0.29, 0.717) is 43.1 Å². The van der Waals surface area contributed by atoms with Crippen LogP contribution in [-0.2, 0) is 9.53 Å². The highest BCUT2D eigenvalue weighted by Gasteiger charge is 2.31. The molecule has 1 aromatic carbocycles. The van der Waals surface area contributed by atoms with Crippen LogP contribution in [0, 0.1) is 5.92 Å². The van der Waals surface area contributed by atoms with Crippen LogP contribution in [0.5, 0.6) is 5.75 Å². The molecule has 11 nitrogen and oxygen atoms in total. The molecule has 4 amide bonds. The van der Waals surface area contributed by atoms with Gasteiger partial charge in [0.25, 0.3) is 5.91 Å². The number of aliphatic hydroxyl groups is 1. The zero-order valence-corrected chi connectivity index (χ0v) is 29.1. The quantitative estimate of drug-likeness (QED) is 0.336. The van der Waals surface area contributed by atoms with Gasteiger partial charge in [-0.3, -0.25) is 9.59 Å². The molecule has 260 valence electrons. The Morgan fingerprint density at radius 3 is 2.48 bits per heavy atom. The van der Waals surface area contributed by atoms with Crippen molar-refractivity contribution in [2.45, 2.75) is 109 Å². The molecule has 0 bridgehead atoms. The SMILES string of the molecule is C[C@@H]1CN([C@H](C)CO)C(=O)c2cc(NC(=O)CCCN(C)C)ccc2O[C@@H](C)CCCCO[C@H]1CN(C)C(=O)NC1CCCCC1. The van der Waals surface area contributed by atoms with Gasteiger partial charge in [-0.15, -0.1) is 0 Å². The maximum Gasteiger partial charge on any atom is 0.317 e. The van der Waals surface area contributed by atoms with Gasteiger partial charge in [-0.25, -0.2) is 4.79 Å². The average Bonchev–Trinajstić information content (AvgIpc) is 3.02. The van der Waals surface area contributed by atoms with Crippen LogP contribution in [0.1, 0.15) is 95.3 Å². The summed E-state index contributed by atoms with van der Waals surface area (Å²) >= 11 is 0. The topological polar surface area (TPSA) is 124 Å². The minimum Gasteiger partial charge on any atom is -0.490 e. The minimum absolute atomic E-state index is 0.102. The summed E-state index contributed by atoms with van der Waals surface area (Å²) in [6, 6.07) is 4.83. The highest BCUT2D eigenvalue weighted by molar-refractivity contribution is 5.99. The van der Waals surface area contributed by atoms with Crippen molar-refractivity contribution in [2.75, 3.05) is 59.3 Å². The largest absolute Gasteiger partial charge is 0.490 e. The molecule has 0 aromatic heterocycles. The number of anilines is 1. The van der Waals surface area contributed by atoms with Crippen LogP contribution in [0.3, 0.4) is 0 Å². The van der Waals surface area contributed by atoms with Gasteiger partial charge < -0.3 is 39.9 Å². The lowest BCUT2D eigenvalue weighted by Crippen LogP contribution is -2.50. The Balaban J connectivity index is 1.84. The van der Waals surface area contributed by atoms with E-state index in [4.69, 9.17) is 9.47 Å². The molecule has 0 unspecified atom stereocenters. The van der Waals surface area contributed by atoms with E-state index in [-0.39, 0.29) is 48.6 Å². The third kappa shape index (κ3) is 12.0. The number of hydrogen-bond acceptors (Lipinski definition) is 7. The highest BCUT2D eigenvalue weighted by Crippen LogP contribution is 2.29. The zero-order chi connectivity index (χ0) is 33.6. The summed E-state index contributed by atoms with van der Waals surface area (Å²) in [7, 11) is 5.74. The molecule has 1 heterocycles. The van der Waals surface area contributed by atoms with Gasteiger partial charge in [0.15, 0.2) is 0 Å². The standard InChI is InChI=1S/C35H59N5O6/c1-25-22-40(26(2)24-41)34(43)30-21-29(36-33(42)16-12-19-38(4)5)17-18-31(30)46-27(3)13-10-11-20-45-32(25)23-39(6)35(44)37-28-14-8-7-9-15-28/h17-18,21,25-28,32,41H,7-16,19-20,22-24H2,1-6H3,(H,36,42)(H,37,44)/t25-,26-,27+,32+/m1/s1. The van der Waals surface area contributed by atoms with Crippen LogP contribution in [0.25, 0.3) is 0 Å². The van der Waals surface area contributed by atoms with Crippen LogP contribution >= 0.6 is 0 Å². The summed E-state index contributed by atoms with van der Waals surface area (Å²) in [6.45, 7) is 7.64. The first-order valence-corrected chi connectivity index (χ1v) is 17.3. The number of benzene rings is 1. The summed E-state index contributed by atoms with van der Waals surface area (Å²) in [6.07, 6.45) is 8.68. The predicted molar refractivity (Wildman–Crippen MR) is 181 cm³/mol. The molecular formula is C35H59N5O6. The van der Waals surface area contributed by atoms with Gasteiger partial charge >= 0.3 is 6.03 Å². The molecule has 1 aromatic rings. The maximum atomic E-state index is 14.3. The first kappa shape index (κ1) is 37.6. The Hall–Kier alpha value is -2.89. The summed E-state index contributed by atoms with van der Waals surface area (Å²) in [5, 5.41) is 16.3. The second-order valence-electron chi connectivity index (χ2n) is 13.6. The lowest BCUT2D eigenvalue weighted by Gasteiger charge is -2.36. The Morgan fingerprint density at radius 2 is 1.78 bits per heavy atom. The van der Waals surface area contributed by atoms with Crippen molar-refractivity contribution >= 4 is 23.5 Å². The van der Waals surface area contributed by atoms with Crippen LogP contribution < -0.4 is 15.4 Å². The fourth-order valence-corrected chi connectivity index (χ4v) is 6.13. The second kappa shape index (κ2) is 19.1. The number of nitrogens with one attached hydrogen (secondary N) is 2. The normalized spacial score (nSPS) is 22.7. The van der Waals surface area contributed by atoms with E-state index in [0.717, 1.165) is 57.9 Å². The molecule has 0 saturated heterocycles. The van der Waals surface area contributed by atoms with Crippen LogP contribution in [0.2, 0.25) is 0 Å². The predicted octanol–water partition coefficient (Wildman–Crippen LogP) is 4.74. The monoisotopic (exact) mass is 645 g/mol. The number of rotatable bonds is 10. The van der Waals surface area contributed by atoms with E-state index in [9.17, 15) is 19.5 Å². The fourth-order valence-electron chi connectivity index (χ4n) is 6.13. The van der Waals surface area contributed by atoms with Crippen LogP contribution in [-0.4, -0.2) is 116 Å². The molecule has 1 saturated carbocycles. The van der Waals surface area contributed by atoms with Crippen LogP contribution in [0.4, 0.5) is 10.5 Å². The number of aliphatic hydroxyl groups excluding tert-OH is 1. The average molecular weight is 646 g/mol. The van der Waals surface area contributed by atoms with Crippen molar-refractivity contribution in [1.82, 2.24) is 20.0 Å². The summed E-state index contributed by atoms with van der Waals surface area (Å²) < 4.78 is 12.7. The van der Waals surface area contributed by atoms with E-state index in [2.05, 4.69) is 10.6 Å². The molecule has 0 radical (unpaired) electrons. The highest BCUT2D eigenvalue weighted by atomic mass is 16.5. The number of fused-ring (bicyclic) bond motifs is 1. The molecule has 0 spiro atoms. The Morgan fingerprint density at radius 1 is 1.07 bits per heavy atom. The lowest BCUT2D eigenvalue weighted by molar-refractivity contribution is -0.116. The van der Waals surface area contributed by atoms with Crippen molar-refractivity contribution in [3.8, 4) is 5.75 Å². The van der Waals surface area contributed by atoms with Gasteiger partial charge in [-0.2, -0.15) is 0 Å². The minimum atomic E-state index is -0.481. The number of likely N-dealkylation sites (N-methyl/N-ethyl adjacent to an activating group) is 1. The van der Waals surface area contributed by atoms with Gasteiger partial charge in [0.05, 0.1) is 30.4 Å². The third-order valence-corrected chi connectivity index (χ3v) is 9.08. The first-order chi connectivity index (χ1) is 22.0. The third-order valence-electron chi connectivity index (χ3n) is 9.08. The molecule has 4 atom stereocenters. The van der Waals surface area contributed by atoms with E-state index in [1.807, 2.05) is 39.8 Å². The molecule has 3 N–H and O–H groups in total. The van der Waals surface area contributed by atoms with Gasteiger partial charge in [0.1, 0.15) is 5.75 Å². The number of urea groups is 1. The lowest BCUT2D eigenvalue weighted by atomic mass is 9.96. The number of ether oxygens (including phenoxy) is 2. The molecule has 11 heteroatoms. The van der Waals surface area contributed by atoms with Gasteiger partial charge in [-0.1, -0.05) is 26.2 Å². The van der Waals surface area contributed by atoms with E-state index in [1.165, 1.54) is 6.42 Å². The number of carbonyl (C=O) groups excluding carboxylic acids is 3. The van der Waals surface area contributed by atoms with Crippen molar-refractivity contribution in [2.24, 2.45) is 5.92 Å². The van der Waals surface area contributed by atoms with Crippen molar-refractivity contribution < 1.29 is 29.0 Å². The van der Waals surface area contributed by atoms with Crippen molar-refractivity contribution in [3.05, 3.63) is 23.8 Å². The van der Waals surface area contributed by atoms with E-state index < -0.39 is 6.04 Å². The summed E-state index contributed by atoms with van der Waals surface area (Å²) in [5.41, 5.74) is 0.861. The van der Waals surface area contributed by atoms with Crippen LogP contribution in [0.15, 0.2) is 18.2 Å². The summed E-state index contributed by atoms with van der Waals surface area (Å²) in [4.78, 5) is 45.5. The molecule has 1 aliphatic carbocycles. The number of nitrogens with zero attached hydrogens (tertiary/aromatic N) is 3. The van der Waals surface area contributed by atoms with Gasteiger partial charge in [0.2, 0.25) is 5.91 Å². The molecule has 3 rings (SSSR count). The summed E-state index contributed by atoms with van der Waals surface area (Å²) in [5.74, 6) is -0.0997. The van der Waals surface area contributed by atoms with Gasteiger partial charge in [0, 0.05) is 50.8 Å². The molecular weight excluding hydrogens is 586 g/mol. The molecule has 1 fully saturated rings. The zero-order valence-electron chi connectivity index (χ0n) is 29.1. The smallest absolute Gasteiger partial charge is 0.317 e. The maximum absolute atomic E-state index is 14.3. The number of amides is 4. The van der Waals surface area contributed by atoms with E-state index in [1.54, 1.807) is 35.0 Å². The number of carbonyl (C=O) groups is 3. The second-order valence-corrected chi connectivity index (χ2v) is 13.6. The molecule has 1 aliphatic heterocycles. The molecule has 46 heavy (non-hydrogen) atoms. The Bertz CT molecular complexity index is 1110. The number of hydrogen-bond donors (Lipinski definition) is 3. The van der Waals surface area contributed by atoms with E-state index >= 15 is 0 Å². The van der Waals surface area contributed by atoms with Crippen molar-refractivity contribution in [1.29, 1.82) is 0 Å². The Labute approximate surface area is 276 Å². The van der Waals surface area contributed by atoms with Crippen molar-refractivity contribution in [3.63, 3.8) is 0 Å². The first-order valence-electron chi connectivity index (χ1n) is 17.3. The van der Waals surface area contributed by atoms with Gasteiger partial charge in [-0.05, 0) is 91.2 Å². The fraction of sp³-hybridized carbons (Fsp3) is 0.743. The molecule has 2 aliphatic rings. The Kier molecular flexibility index (Phi) is 15.6.